The van der Waals surface area contributed by atoms with E-state index in [-0.39, 0.29) is 0 Å². The lowest BCUT2D eigenvalue weighted by atomic mass is 9.96. The number of anilines is 1. The predicted octanol–water partition coefficient (Wildman–Crippen LogP) is 2.58. The molecule has 0 fully saturated rings. The van der Waals surface area contributed by atoms with Gasteiger partial charge in [-0.25, -0.2) is 0 Å². The van der Waals surface area contributed by atoms with E-state index in [2.05, 4.69) is 42.3 Å². The van der Waals surface area contributed by atoms with E-state index in [1.165, 1.54) is 16.8 Å². The number of likely N-dealkylation sites (N-methyl/N-ethyl adjacent to an activating group) is 1. The van der Waals surface area contributed by atoms with Crippen LogP contribution < -0.4 is 10.2 Å². The fourth-order valence-corrected chi connectivity index (χ4v) is 2.31. The number of hydrogen-bond acceptors (Lipinski definition) is 3. The van der Waals surface area contributed by atoms with Crippen LogP contribution in [0.5, 0.6) is 0 Å². The number of rotatable bonds is 7. The fraction of sp³-hybridized carbons (Fsp3) is 0.562. The number of carboxylic acid groups (broad SMARTS) is 1. The van der Waals surface area contributed by atoms with Crippen molar-refractivity contribution in [2.75, 3.05) is 25.5 Å². The molecule has 0 saturated carbocycles. The molecule has 112 valence electrons. The van der Waals surface area contributed by atoms with Gasteiger partial charge in [0.05, 0.1) is 0 Å². The van der Waals surface area contributed by atoms with Crippen molar-refractivity contribution >= 4 is 11.7 Å². The normalized spacial score (nSPS) is 13.8. The third kappa shape index (κ3) is 4.23. The minimum atomic E-state index is -0.844. The zero-order chi connectivity index (χ0) is 15.3. The first-order valence-electron chi connectivity index (χ1n) is 7.00. The Morgan fingerprint density at radius 1 is 1.30 bits per heavy atom. The van der Waals surface area contributed by atoms with Gasteiger partial charge in [0.25, 0.3) is 0 Å². The van der Waals surface area contributed by atoms with Crippen molar-refractivity contribution in [1.82, 2.24) is 5.32 Å². The maximum absolute atomic E-state index is 11.2. The highest BCUT2D eigenvalue weighted by atomic mass is 16.4. The number of nitrogens with one attached hydrogen (secondary N) is 1. The molecule has 1 unspecified atom stereocenters. The second kappa shape index (κ2) is 6.75. The molecule has 0 spiro atoms. The van der Waals surface area contributed by atoms with Crippen molar-refractivity contribution in [3.63, 3.8) is 0 Å². The fourth-order valence-electron chi connectivity index (χ4n) is 2.31. The van der Waals surface area contributed by atoms with Gasteiger partial charge in [0.15, 0.2) is 0 Å². The second-order valence-electron chi connectivity index (χ2n) is 5.76. The first-order chi connectivity index (χ1) is 9.28. The Morgan fingerprint density at radius 3 is 2.30 bits per heavy atom. The summed E-state index contributed by atoms with van der Waals surface area (Å²) in [6, 6.07) is 6.46. The van der Waals surface area contributed by atoms with Crippen LogP contribution >= 0.6 is 0 Å². The lowest BCUT2D eigenvalue weighted by molar-refractivity contribution is -0.144. The summed E-state index contributed by atoms with van der Waals surface area (Å²) in [6.07, 6.45) is 1.43. The summed E-state index contributed by atoms with van der Waals surface area (Å²) < 4.78 is 0. The standard InChI is InChI=1S/C16H26N2O2/c1-12-9-13(2)11-14(10-12)18(5)8-6-7-16(3,17-4)15(19)20/h9-11,17H,6-8H2,1-5H3,(H,19,20). The summed E-state index contributed by atoms with van der Waals surface area (Å²) in [5, 5.41) is 12.1. The van der Waals surface area contributed by atoms with E-state index in [0.29, 0.717) is 6.42 Å². The molecule has 2 N–H and O–H groups in total. The summed E-state index contributed by atoms with van der Waals surface area (Å²) in [7, 11) is 3.74. The van der Waals surface area contributed by atoms with Crippen molar-refractivity contribution in [2.45, 2.75) is 39.2 Å². The third-order valence-corrected chi connectivity index (χ3v) is 3.84. The molecule has 0 bridgehead atoms. The molecule has 1 aromatic rings. The molecule has 1 atom stereocenters. The molecule has 1 aromatic carbocycles. The monoisotopic (exact) mass is 278 g/mol. The van der Waals surface area contributed by atoms with Crippen LogP contribution in [0.25, 0.3) is 0 Å². The molecule has 0 aliphatic heterocycles. The Balaban J connectivity index is 2.59. The Hall–Kier alpha value is -1.55. The minimum absolute atomic E-state index is 0.605. The van der Waals surface area contributed by atoms with Crippen molar-refractivity contribution in [2.24, 2.45) is 0 Å². The van der Waals surface area contributed by atoms with E-state index in [1.807, 2.05) is 7.05 Å². The van der Waals surface area contributed by atoms with Crippen LogP contribution in [0, 0.1) is 13.8 Å². The summed E-state index contributed by atoms with van der Waals surface area (Å²) >= 11 is 0. The lowest BCUT2D eigenvalue weighted by Crippen LogP contribution is -2.47. The van der Waals surface area contributed by atoms with Gasteiger partial charge in [0.1, 0.15) is 5.54 Å². The zero-order valence-electron chi connectivity index (χ0n) is 13.2. The third-order valence-electron chi connectivity index (χ3n) is 3.84. The Morgan fingerprint density at radius 2 is 1.85 bits per heavy atom. The van der Waals surface area contributed by atoms with Crippen molar-refractivity contribution in [1.29, 1.82) is 0 Å². The number of nitrogens with zero attached hydrogens (tertiary/aromatic N) is 1. The van der Waals surface area contributed by atoms with Crippen LogP contribution in [0.4, 0.5) is 5.69 Å². The number of carbonyl (C=O) groups is 1. The molecule has 0 aliphatic rings. The largest absolute Gasteiger partial charge is 0.480 e. The van der Waals surface area contributed by atoms with E-state index in [0.717, 1.165) is 13.0 Å². The first-order valence-corrected chi connectivity index (χ1v) is 7.00. The quantitative estimate of drug-likeness (QED) is 0.805. The predicted molar refractivity (Wildman–Crippen MR) is 83.5 cm³/mol. The molecule has 0 heterocycles. The van der Waals surface area contributed by atoms with Gasteiger partial charge in [-0.15, -0.1) is 0 Å². The minimum Gasteiger partial charge on any atom is -0.480 e. The second-order valence-corrected chi connectivity index (χ2v) is 5.76. The number of hydrogen-bond donors (Lipinski definition) is 2. The SMILES string of the molecule is CNC(C)(CCCN(C)c1cc(C)cc(C)c1)C(=O)O. The van der Waals surface area contributed by atoms with Crippen molar-refractivity contribution < 1.29 is 9.90 Å². The average molecular weight is 278 g/mol. The molecule has 0 saturated heterocycles. The van der Waals surface area contributed by atoms with Gasteiger partial charge in [0, 0.05) is 19.3 Å². The molecule has 4 nitrogen and oxygen atoms in total. The smallest absolute Gasteiger partial charge is 0.323 e. The molecule has 20 heavy (non-hydrogen) atoms. The van der Waals surface area contributed by atoms with Gasteiger partial charge in [-0.3, -0.25) is 4.79 Å². The van der Waals surface area contributed by atoms with Gasteiger partial charge in [-0.2, -0.15) is 0 Å². The molecular formula is C16H26N2O2. The molecule has 0 radical (unpaired) electrons. The maximum atomic E-state index is 11.2. The van der Waals surface area contributed by atoms with Crippen LogP contribution in [-0.2, 0) is 4.79 Å². The zero-order valence-corrected chi connectivity index (χ0v) is 13.2. The summed E-state index contributed by atoms with van der Waals surface area (Å²) in [5.41, 5.74) is 2.84. The average Bonchev–Trinajstić information content (AvgIpc) is 2.36. The van der Waals surface area contributed by atoms with E-state index < -0.39 is 11.5 Å². The maximum Gasteiger partial charge on any atom is 0.323 e. The Labute approximate surface area is 121 Å². The Bertz CT molecular complexity index is 453. The van der Waals surface area contributed by atoms with E-state index in [4.69, 9.17) is 0 Å². The van der Waals surface area contributed by atoms with Crippen LogP contribution in [-0.4, -0.2) is 37.3 Å². The summed E-state index contributed by atoms with van der Waals surface area (Å²) in [4.78, 5) is 13.4. The molecule has 0 amide bonds. The molecular weight excluding hydrogens is 252 g/mol. The van der Waals surface area contributed by atoms with E-state index in [9.17, 15) is 9.90 Å². The number of aliphatic carboxylic acids is 1. The van der Waals surface area contributed by atoms with Gasteiger partial charge in [-0.1, -0.05) is 6.07 Å². The first kappa shape index (κ1) is 16.5. The highest BCUT2D eigenvalue weighted by Crippen LogP contribution is 2.19. The highest BCUT2D eigenvalue weighted by Gasteiger charge is 2.30. The van der Waals surface area contributed by atoms with Crippen LogP contribution in [0.15, 0.2) is 18.2 Å². The highest BCUT2D eigenvalue weighted by molar-refractivity contribution is 5.78. The molecule has 4 heteroatoms. The number of aryl methyl sites for hydroxylation is 2. The van der Waals surface area contributed by atoms with Crippen molar-refractivity contribution in [3.8, 4) is 0 Å². The van der Waals surface area contributed by atoms with E-state index >= 15 is 0 Å². The van der Waals surface area contributed by atoms with Crippen molar-refractivity contribution in [3.05, 3.63) is 29.3 Å². The van der Waals surface area contributed by atoms with Gasteiger partial charge < -0.3 is 15.3 Å². The van der Waals surface area contributed by atoms with Gasteiger partial charge in [-0.05, 0) is 63.9 Å². The number of carboxylic acids is 1. The van der Waals surface area contributed by atoms with E-state index in [1.54, 1.807) is 14.0 Å². The summed E-state index contributed by atoms with van der Waals surface area (Å²) in [6.45, 7) is 6.75. The lowest BCUT2D eigenvalue weighted by Gasteiger charge is -2.26. The van der Waals surface area contributed by atoms with Gasteiger partial charge in [0.2, 0.25) is 0 Å². The van der Waals surface area contributed by atoms with Crippen LogP contribution in [0.2, 0.25) is 0 Å². The topological polar surface area (TPSA) is 52.6 Å². The van der Waals surface area contributed by atoms with Crippen LogP contribution in [0.1, 0.15) is 30.9 Å². The van der Waals surface area contributed by atoms with Crippen LogP contribution in [0.3, 0.4) is 0 Å². The number of benzene rings is 1. The molecule has 0 aliphatic carbocycles. The molecule has 1 rings (SSSR count). The Kier molecular flexibility index (Phi) is 5.57. The summed E-state index contributed by atoms with van der Waals surface area (Å²) in [5.74, 6) is -0.797. The van der Waals surface area contributed by atoms with Gasteiger partial charge >= 0.3 is 5.97 Å². The molecule has 0 aromatic heterocycles.